The Balaban J connectivity index is 1.58. The Hall–Kier alpha value is -1.02. The summed E-state index contributed by atoms with van der Waals surface area (Å²) < 4.78 is 16.9. The lowest BCUT2D eigenvalue weighted by atomic mass is 10.1. The number of ether oxygens (including phenoxy) is 3. The molecule has 0 bridgehead atoms. The number of aryl methyl sites for hydroxylation is 1. The molecule has 7 heteroatoms. The third kappa shape index (κ3) is 3.32. The molecule has 1 aliphatic carbocycles. The van der Waals surface area contributed by atoms with Crippen LogP contribution in [0.3, 0.4) is 0 Å². The summed E-state index contributed by atoms with van der Waals surface area (Å²) in [5, 5.41) is 3.07. The van der Waals surface area contributed by atoms with Crippen LogP contribution in [-0.4, -0.2) is 60.9 Å². The molecular weight excluding hydrogens is 304 g/mol. The van der Waals surface area contributed by atoms with E-state index in [0.717, 1.165) is 23.5 Å². The van der Waals surface area contributed by atoms with Crippen molar-refractivity contribution in [2.24, 2.45) is 0 Å². The van der Waals surface area contributed by atoms with Crippen LogP contribution in [0.4, 0.5) is 0 Å². The smallest absolute Gasteiger partial charge is 0.248 e. The van der Waals surface area contributed by atoms with Crippen LogP contribution in [0.25, 0.3) is 0 Å². The van der Waals surface area contributed by atoms with E-state index in [4.69, 9.17) is 14.2 Å². The molecule has 0 spiro atoms. The number of amides is 1. The van der Waals surface area contributed by atoms with E-state index in [2.05, 4.69) is 4.98 Å². The van der Waals surface area contributed by atoms with E-state index in [1.54, 1.807) is 18.4 Å². The highest BCUT2D eigenvalue weighted by Gasteiger charge is 2.44. The van der Waals surface area contributed by atoms with Gasteiger partial charge in [0.05, 0.1) is 36.1 Å². The van der Waals surface area contributed by atoms with Crippen LogP contribution in [0, 0.1) is 6.92 Å². The fourth-order valence-corrected chi connectivity index (χ4v) is 3.87. The average Bonchev–Trinajstić information content (AvgIpc) is 3.11. The van der Waals surface area contributed by atoms with Crippen LogP contribution in [0.5, 0.6) is 0 Å². The number of carbonyl (C=O) groups is 1. The van der Waals surface area contributed by atoms with Crippen molar-refractivity contribution < 1.29 is 19.0 Å². The monoisotopic (exact) mass is 326 g/mol. The highest BCUT2D eigenvalue weighted by Crippen LogP contribution is 2.32. The van der Waals surface area contributed by atoms with Gasteiger partial charge in [-0.3, -0.25) is 4.79 Å². The Bertz CT molecular complexity index is 521. The van der Waals surface area contributed by atoms with Crippen LogP contribution in [0.1, 0.15) is 23.5 Å². The second-order valence-electron chi connectivity index (χ2n) is 5.71. The maximum Gasteiger partial charge on any atom is 0.248 e. The first-order valence-corrected chi connectivity index (χ1v) is 8.49. The molecule has 0 radical (unpaired) electrons. The Morgan fingerprint density at radius 1 is 1.55 bits per heavy atom. The van der Waals surface area contributed by atoms with E-state index in [1.165, 1.54) is 0 Å². The van der Waals surface area contributed by atoms with Gasteiger partial charge in [-0.15, -0.1) is 11.3 Å². The first-order chi connectivity index (χ1) is 10.7. The summed E-state index contributed by atoms with van der Waals surface area (Å²) in [6, 6.07) is 0.110. The summed E-state index contributed by atoms with van der Waals surface area (Å²) >= 11 is 1.63. The molecule has 1 aromatic heterocycles. The van der Waals surface area contributed by atoms with Gasteiger partial charge in [0.2, 0.25) is 5.91 Å². The van der Waals surface area contributed by atoms with Crippen LogP contribution in [-0.2, 0) is 25.6 Å². The molecule has 3 rings (SSSR count). The molecule has 1 saturated heterocycles. The van der Waals surface area contributed by atoms with Crippen LogP contribution < -0.4 is 0 Å². The number of aromatic nitrogens is 1. The number of hydrogen-bond donors (Lipinski definition) is 0. The molecule has 1 saturated carbocycles. The van der Waals surface area contributed by atoms with Crippen molar-refractivity contribution in [1.29, 1.82) is 0 Å². The maximum absolute atomic E-state index is 12.1. The quantitative estimate of drug-likeness (QED) is 0.818. The Kier molecular flexibility index (Phi) is 5.07. The highest BCUT2D eigenvalue weighted by atomic mass is 32.1. The molecule has 1 aliphatic heterocycles. The van der Waals surface area contributed by atoms with Gasteiger partial charge < -0.3 is 19.1 Å². The van der Waals surface area contributed by atoms with Gasteiger partial charge in [-0.1, -0.05) is 0 Å². The molecule has 0 unspecified atom stereocenters. The minimum atomic E-state index is -0.0331. The number of hydrogen-bond acceptors (Lipinski definition) is 6. The van der Waals surface area contributed by atoms with E-state index in [-0.39, 0.29) is 30.8 Å². The summed E-state index contributed by atoms with van der Waals surface area (Å²) in [6.45, 7) is 3.83. The molecule has 1 aromatic rings. The molecular formula is C15H22N2O4S. The van der Waals surface area contributed by atoms with E-state index < -0.39 is 0 Å². The number of rotatable bonds is 5. The number of methoxy groups -OCH3 is 1. The Morgan fingerprint density at radius 3 is 3.14 bits per heavy atom. The molecule has 3 atom stereocenters. The van der Waals surface area contributed by atoms with Crippen molar-refractivity contribution in [1.82, 2.24) is 9.88 Å². The molecule has 0 aromatic carbocycles. The van der Waals surface area contributed by atoms with Crippen molar-refractivity contribution in [2.45, 2.75) is 44.6 Å². The second-order valence-corrected chi connectivity index (χ2v) is 6.77. The summed E-state index contributed by atoms with van der Waals surface area (Å²) in [5.74, 6) is 0.0385. The summed E-state index contributed by atoms with van der Waals surface area (Å²) in [4.78, 5) is 18.4. The van der Waals surface area contributed by atoms with Gasteiger partial charge in [0.25, 0.3) is 0 Å². The van der Waals surface area contributed by atoms with Gasteiger partial charge in [0.1, 0.15) is 12.7 Å². The topological polar surface area (TPSA) is 60.9 Å². The number of thiazole rings is 1. The number of carbonyl (C=O) groups excluding carboxylic acids is 1. The van der Waals surface area contributed by atoms with Crippen molar-refractivity contribution in [2.75, 3.05) is 26.9 Å². The Morgan fingerprint density at radius 2 is 2.41 bits per heavy atom. The normalized spacial score (nSPS) is 27.9. The van der Waals surface area contributed by atoms with Crippen molar-refractivity contribution in [3.8, 4) is 0 Å². The lowest BCUT2D eigenvalue weighted by Crippen LogP contribution is -2.54. The zero-order valence-electron chi connectivity index (χ0n) is 13.0. The molecule has 122 valence electrons. The number of fused-ring (bicyclic) bond motifs is 1. The maximum atomic E-state index is 12.1. The standard InChI is InChI=1S/C15H22N2O4S/c1-10-16-11(9-22-10)7-21-13-4-3-12-15(13)20-6-5-17(12)14(18)8-19-2/h9,12-13,15H,3-8H2,1-2H3/t12-,13+,15+/m0/s1. The zero-order chi connectivity index (χ0) is 15.5. The molecule has 1 amide bonds. The molecule has 2 heterocycles. The minimum Gasteiger partial charge on any atom is -0.375 e. The van der Waals surface area contributed by atoms with Gasteiger partial charge >= 0.3 is 0 Å². The van der Waals surface area contributed by atoms with Crippen LogP contribution in [0.2, 0.25) is 0 Å². The predicted molar refractivity (Wildman–Crippen MR) is 81.8 cm³/mol. The third-order valence-electron chi connectivity index (χ3n) is 4.24. The van der Waals surface area contributed by atoms with Gasteiger partial charge in [0.15, 0.2) is 0 Å². The third-order valence-corrected chi connectivity index (χ3v) is 5.06. The van der Waals surface area contributed by atoms with Crippen molar-refractivity contribution in [3.63, 3.8) is 0 Å². The Labute approximate surface area is 134 Å². The first-order valence-electron chi connectivity index (χ1n) is 7.61. The van der Waals surface area contributed by atoms with Gasteiger partial charge in [-0.05, 0) is 19.8 Å². The fraction of sp³-hybridized carbons (Fsp3) is 0.733. The highest BCUT2D eigenvalue weighted by molar-refractivity contribution is 7.09. The van der Waals surface area contributed by atoms with E-state index in [1.807, 2.05) is 17.2 Å². The van der Waals surface area contributed by atoms with Gasteiger partial charge in [-0.25, -0.2) is 4.98 Å². The lowest BCUT2D eigenvalue weighted by Gasteiger charge is -2.39. The minimum absolute atomic E-state index is 0.0325. The van der Waals surface area contributed by atoms with Crippen molar-refractivity contribution >= 4 is 17.2 Å². The SMILES string of the molecule is COCC(=O)N1CCO[C@H]2[C@H](OCc3csc(C)n3)CC[C@@H]21. The molecule has 0 N–H and O–H groups in total. The van der Waals surface area contributed by atoms with Crippen LogP contribution in [0.15, 0.2) is 5.38 Å². The molecule has 2 fully saturated rings. The fourth-order valence-electron chi connectivity index (χ4n) is 3.28. The van der Waals surface area contributed by atoms with Gasteiger partial charge in [0, 0.05) is 19.0 Å². The van der Waals surface area contributed by atoms with Gasteiger partial charge in [-0.2, -0.15) is 0 Å². The lowest BCUT2D eigenvalue weighted by molar-refractivity contribution is -0.155. The summed E-state index contributed by atoms with van der Waals surface area (Å²) in [5.41, 5.74) is 0.967. The van der Waals surface area contributed by atoms with E-state index >= 15 is 0 Å². The predicted octanol–water partition coefficient (Wildman–Crippen LogP) is 1.37. The number of morpholine rings is 1. The van der Waals surface area contributed by atoms with Crippen molar-refractivity contribution in [3.05, 3.63) is 16.1 Å². The number of nitrogens with zero attached hydrogens (tertiary/aromatic N) is 2. The largest absolute Gasteiger partial charge is 0.375 e. The first kappa shape index (κ1) is 15.9. The molecule has 6 nitrogen and oxygen atoms in total. The second kappa shape index (κ2) is 7.04. The van der Waals surface area contributed by atoms with E-state index in [9.17, 15) is 4.79 Å². The molecule has 2 aliphatic rings. The summed E-state index contributed by atoms with van der Waals surface area (Å²) in [6.07, 6.45) is 1.83. The zero-order valence-corrected chi connectivity index (χ0v) is 13.8. The van der Waals surface area contributed by atoms with Crippen LogP contribution >= 0.6 is 11.3 Å². The summed E-state index contributed by atoms with van der Waals surface area (Å²) in [7, 11) is 1.55. The molecule has 22 heavy (non-hydrogen) atoms. The van der Waals surface area contributed by atoms with E-state index in [0.29, 0.717) is 19.8 Å². The average molecular weight is 326 g/mol.